The molecule has 0 spiro atoms. The third kappa shape index (κ3) is 5.76. The lowest BCUT2D eigenvalue weighted by Crippen LogP contribution is -2.49. The Morgan fingerprint density at radius 3 is 2.25 bits per heavy atom. The highest BCUT2D eigenvalue weighted by Crippen LogP contribution is 2.22. The van der Waals surface area contributed by atoms with Crippen LogP contribution in [0.5, 0.6) is 0 Å². The number of carbonyl (C=O) groups excluding carboxylic acids is 2. The van der Waals surface area contributed by atoms with Gasteiger partial charge in [0.15, 0.2) is 6.23 Å². The standard InChI is InChI=1S/C19H34N2O3/c1-15-10-8-6-4-5-7-9-11-17(22)20(3)16(2)19(23)21(13-12-15)18-14-24-18/h15-16,18H,4-14H2,1-3H3/t15-,16+,18-/m1/s1. The van der Waals surface area contributed by atoms with E-state index in [2.05, 4.69) is 6.92 Å². The fourth-order valence-corrected chi connectivity index (χ4v) is 3.40. The molecule has 138 valence electrons. The molecule has 2 aliphatic heterocycles. The Hall–Kier alpha value is -1.10. The number of amides is 2. The summed E-state index contributed by atoms with van der Waals surface area (Å²) in [7, 11) is 1.75. The molecule has 0 bridgehead atoms. The minimum atomic E-state index is -0.412. The molecule has 0 unspecified atom stereocenters. The second kappa shape index (κ2) is 9.40. The van der Waals surface area contributed by atoms with Crippen molar-refractivity contribution in [3.05, 3.63) is 0 Å². The lowest BCUT2D eigenvalue weighted by molar-refractivity contribution is -0.145. The summed E-state index contributed by atoms with van der Waals surface area (Å²) in [6.45, 7) is 5.47. The molecule has 0 N–H and O–H groups in total. The smallest absolute Gasteiger partial charge is 0.247 e. The van der Waals surface area contributed by atoms with Crippen LogP contribution in [0.15, 0.2) is 0 Å². The van der Waals surface area contributed by atoms with Crippen molar-refractivity contribution in [1.29, 1.82) is 0 Å². The monoisotopic (exact) mass is 338 g/mol. The predicted octanol–water partition coefficient (Wildman–Crippen LogP) is 3.18. The van der Waals surface area contributed by atoms with Crippen LogP contribution in [0, 0.1) is 5.92 Å². The first-order valence-electron chi connectivity index (χ1n) is 9.68. The maximum Gasteiger partial charge on any atom is 0.247 e. The van der Waals surface area contributed by atoms with Crippen molar-refractivity contribution >= 4 is 11.8 Å². The van der Waals surface area contributed by atoms with Gasteiger partial charge in [0.25, 0.3) is 0 Å². The van der Waals surface area contributed by atoms with Gasteiger partial charge in [0.1, 0.15) is 6.04 Å². The van der Waals surface area contributed by atoms with Gasteiger partial charge in [-0.2, -0.15) is 0 Å². The van der Waals surface area contributed by atoms with Gasteiger partial charge in [-0.25, -0.2) is 0 Å². The number of rotatable bonds is 1. The van der Waals surface area contributed by atoms with Crippen LogP contribution in [0.25, 0.3) is 0 Å². The number of epoxide rings is 1. The molecule has 0 aromatic heterocycles. The molecule has 2 rings (SSSR count). The number of likely N-dealkylation sites (N-methyl/N-ethyl adjacent to an activating group) is 1. The largest absolute Gasteiger partial charge is 0.351 e. The Balaban J connectivity index is 2.00. The van der Waals surface area contributed by atoms with Gasteiger partial charge < -0.3 is 14.5 Å². The Morgan fingerprint density at radius 2 is 1.58 bits per heavy atom. The molecule has 2 saturated heterocycles. The average molecular weight is 338 g/mol. The zero-order chi connectivity index (χ0) is 17.5. The molecule has 0 aromatic rings. The normalized spacial score (nSPS) is 32.0. The topological polar surface area (TPSA) is 53.2 Å². The summed E-state index contributed by atoms with van der Waals surface area (Å²) in [6.07, 6.45) is 9.80. The van der Waals surface area contributed by atoms with Gasteiger partial charge in [-0.15, -0.1) is 0 Å². The summed E-state index contributed by atoms with van der Waals surface area (Å²) in [5.41, 5.74) is 0. The second-order valence-corrected chi connectivity index (χ2v) is 7.55. The number of ether oxygens (including phenoxy) is 1. The van der Waals surface area contributed by atoms with E-state index in [1.54, 1.807) is 11.9 Å². The molecule has 24 heavy (non-hydrogen) atoms. The SMILES string of the molecule is C[C@@H]1CCCCCCCCC(=O)N(C)[C@@H](C)C(=O)N([C@H]2CO2)CC1. The third-order valence-corrected chi connectivity index (χ3v) is 5.48. The summed E-state index contributed by atoms with van der Waals surface area (Å²) >= 11 is 0. The van der Waals surface area contributed by atoms with E-state index in [-0.39, 0.29) is 18.0 Å². The van der Waals surface area contributed by atoms with Gasteiger partial charge in [0, 0.05) is 20.0 Å². The molecule has 2 fully saturated rings. The van der Waals surface area contributed by atoms with E-state index in [9.17, 15) is 9.59 Å². The van der Waals surface area contributed by atoms with E-state index in [4.69, 9.17) is 4.74 Å². The van der Waals surface area contributed by atoms with Crippen LogP contribution >= 0.6 is 0 Å². The summed E-state index contributed by atoms with van der Waals surface area (Å²) in [5, 5.41) is 0. The zero-order valence-corrected chi connectivity index (χ0v) is 15.6. The Kier molecular flexibility index (Phi) is 7.53. The molecule has 0 radical (unpaired) electrons. The zero-order valence-electron chi connectivity index (χ0n) is 15.6. The van der Waals surface area contributed by atoms with Crippen molar-refractivity contribution in [3.8, 4) is 0 Å². The molecule has 2 aliphatic rings. The second-order valence-electron chi connectivity index (χ2n) is 7.55. The van der Waals surface area contributed by atoms with Crippen LogP contribution in [0.3, 0.4) is 0 Å². The van der Waals surface area contributed by atoms with Gasteiger partial charge in [-0.05, 0) is 25.7 Å². The molecular formula is C19H34N2O3. The van der Waals surface area contributed by atoms with E-state index in [1.807, 2.05) is 11.8 Å². The predicted molar refractivity (Wildman–Crippen MR) is 94.4 cm³/mol. The van der Waals surface area contributed by atoms with Crippen LogP contribution in [0.2, 0.25) is 0 Å². The highest BCUT2D eigenvalue weighted by molar-refractivity contribution is 5.87. The van der Waals surface area contributed by atoms with Gasteiger partial charge in [0.2, 0.25) is 11.8 Å². The summed E-state index contributed by atoms with van der Waals surface area (Å²) in [6, 6.07) is -0.412. The molecule has 5 heteroatoms. The molecule has 0 aromatic carbocycles. The van der Waals surface area contributed by atoms with Crippen molar-refractivity contribution in [1.82, 2.24) is 9.80 Å². The fraction of sp³-hybridized carbons (Fsp3) is 0.895. The average Bonchev–Trinajstić information content (AvgIpc) is 3.39. The van der Waals surface area contributed by atoms with Crippen LogP contribution in [-0.2, 0) is 14.3 Å². The number of carbonyl (C=O) groups is 2. The lowest BCUT2D eigenvalue weighted by atomic mass is 9.98. The number of hydrogen-bond donors (Lipinski definition) is 0. The van der Waals surface area contributed by atoms with Crippen molar-refractivity contribution in [2.24, 2.45) is 5.92 Å². The first-order chi connectivity index (χ1) is 11.5. The quantitative estimate of drug-likeness (QED) is 0.690. The van der Waals surface area contributed by atoms with Crippen LogP contribution in [0.4, 0.5) is 0 Å². The Morgan fingerprint density at radius 1 is 0.958 bits per heavy atom. The molecule has 2 amide bonds. The van der Waals surface area contributed by atoms with Crippen LogP contribution < -0.4 is 0 Å². The fourth-order valence-electron chi connectivity index (χ4n) is 3.40. The molecule has 5 nitrogen and oxygen atoms in total. The summed E-state index contributed by atoms with van der Waals surface area (Å²) < 4.78 is 5.37. The maximum absolute atomic E-state index is 12.8. The summed E-state index contributed by atoms with van der Waals surface area (Å²) in [4.78, 5) is 28.6. The van der Waals surface area contributed by atoms with Crippen molar-refractivity contribution in [2.45, 2.75) is 83.9 Å². The van der Waals surface area contributed by atoms with E-state index >= 15 is 0 Å². The molecule has 0 aliphatic carbocycles. The van der Waals surface area contributed by atoms with Crippen LogP contribution in [-0.4, -0.2) is 54.1 Å². The van der Waals surface area contributed by atoms with Crippen molar-refractivity contribution < 1.29 is 14.3 Å². The molecule has 0 saturated carbocycles. The molecule has 2 heterocycles. The van der Waals surface area contributed by atoms with E-state index in [0.717, 1.165) is 25.8 Å². The van der Waals surface area contributed by atoms with E-state index in [0.29, 0.717) is 18.9 Å². The van der Waals surface area contributed by atoms with Crippen molar-refractivity contribution in [2.75, 3.05) is 20.2 Å². The molecule has 3 atom stereocenters. The maximum atomic E-state index is 12.8. The van der Waals surface area contributed by atoms with E-state index in [1.165, 1.54) is 32.1 Å². The van der Waals surface area contributed by atoms with Crippen molar-refractivity contribution in [3.63, 3.8) is 0 Å². The van der Waals surface area contributed by atoms with Gasteiger partial charge in [0.05, 0.1) is 6.61 Å². The lowest BCUT2D eigenvalue weighted by Gasteiger charge is -2.30. The van der Waals surface area contributed by atoms with Gasteiger partial charge >= 0.3 is 0 Å². The highest BCUT2D eigenvalue weighted by Gasteiger charge is 2.37. The van der Waals surface area contributed by atoms with Gasteiger partial charge in [-0.3, -0.25) is 9.59 Å². The van der Waals surface area contributed by atoms with Gasteiger partial charge in [-0.1, -0.05) is 45.4 Å². The number of hydrogen-bond acceptors (Lipinski definition) is 3. The van der Waals surface area contributed by atoms with E-state index < -0.39 is 6.04 Å². The Bertz CT molecular complexity index is 423. The third-order valence-electron chi connectivity index (χ3n) is 5.48. The molecular weight excluding hydrogens is 304 g/mol. The highest BCUT2D eigenvalue weighted by atomic mass is 16.6. The first kappa shape index (κ1) is 19.2. The summed E-state index contributed by atoms with van der Waals surface area (Å²) in [5.74, 6) is 0.724. The Labute approximate surface area is 146 Å². The first-order valence-corrected chi connectivity index (χ1v) is 9.68. The minimum Gasteiger partial charge on any atom is -0.351 e. The number of nitrogens with zero attached hydrogens (tertiary/aromatic N) is 2. The minimum absolute atomic E-state index is 0.0210. The van der Waals surface area contributed by atoms with Crippen LogP contribution in [0.1, 0.15) is 71.6 Å².